The standard InChI is InChI=1S/C12H22N2O5/c1-12(2,18-4)7-13-11(17)14(3)9-6-19-5-8(9)10(15)16/h8-9H,5-7H2,1-4H3,(H,13,17)(H,15,16). The van der Waals surface area contributed by atoms with E-state index in [0.29, 0.717) is 6.54 Å². The minimum absolute atomic E-state index is 0.140. The largest absolute Gasteiger partial charge is 0.481 e. The Labute approximate surface area is 112 Å². The molecule has 7 nitrogen and oxygen atoms in total. The average molecular weight is 274 g/mol. The van der Waals surface area contributed by atoms with Crippen molar-refractivity contribution in [2.45, 2.75) is 25.5 Å². The third-order valence-electron chi connectivity index (χ3n) is 3.40. The van der Waals surface area contributed by atoms with Gasteiger partial charge in [0.1, 0.15) is 5.92 Å². The van der Waals surface area contributed by atoms with Crippen molar-refractivity contribution in [3.63, 3.8) is 0 Å². The Bertz CT molecular complexity index is 345. The fourth-order valence-electron chi connectivity index (χ4n) is 1.80. The van der Waals surface area contributed by atoms with Crippen molar-refractivity contribution in [2.24, 2.45) is 5.92 Å². The predicted octanol–water partition coefficient (Wildman–Crippen LogP) is 0.152. The number of carboxylic acid groups (broad SMARTS) is 1. The van der Waals surface area contributed by atoms with Gasteiger partial charge >= 0.3 is 12.0 Å². The summed E-state index contributed by atoms with van der Waals surface area (Å²) in [4.78, 5) is 24.4. The highest BCUT2D eigenvalue weighted by Crippen LogP contribution is 2.19. The number of rotatable bonds is 5. The predicted molar refractivity (Wildman–Crippen MR) is 68.0 cm³/mol. The number of amides is 2. The summed E-state index contributed by atoms with van der Waals surface area (Å²) in [7, 11) is 3.14. The third kappa shape index (κ3) is 4.07. The number of carbonyl (C=O) groups excluding carboxylic acids is 1. The van der Waals surface area contributed by atoms with Crippen LogP contribution in [0.3, 0.4) is 0 Å². The molecule has 1 aliphatic heterocycles. The lowest BCUT2D eigenvalue weighted by atomic mass is 10.0. The number of nitrogens with one attached hydrogen (secondary N) is 1. The zero-order chi connectivity index (χ0) is 14.6. The first-order valence-corrected chi connectivity index (χ1v) is 6.15. The maximum Gasteiger partial charge on any atom is 0.317 e. The van der Waals surface area contributed by atoms with Crippen LogP contribution in [0.2, 0.25) is 0 Å². The quantitative estimate of drug-likeness (QED) is 0.745. The molecule has 0 aromatic heterocycles. The second-order valence-corrected chi connectivity index (χ2v) is 5.28. The van der Waals surface area contributed by atoms with Crippen LogP contribution in [-0.2, 0) is 14.3 Å². The van der Waals surface area contributed by atoms with E-state index >= 15 is 0 Å². The van der Waals surface area contributed by atoms with E-state index in [1.165, 1.54) is 4.90 Å². The van der Waals surface area contributed by atoms with Crippen LogP contribution in [0.4, 0.5) is 4.79 Å². The van der Waals surface area contributed by atoms with Crippen LogP contribution in [0.1, 0.15) is 13.8 Å². The van der Waals surface area contributed by atoms with Gasteiger partial charge in [-0.3, -0.25) is 4.79 Å². The number of methoxy groups -OCH3 is 1. The van der Waals surface area contributed by atoms with Gasteiger partial charge in [0.05, 0.1) is 24.9 Å². The topological polar surface area (TPSA) is 88.1 Å². The van der Waals surface area contributed by atoms with Crippen LogP contribution in [0, 0.1) is 5.92 Å². The molecule has 1 aliphatic rings. The van der Waals surface area contributed by atoms with E-state index in [9.17, 15) is 9.59 Å². The van der Waals surface area contributed by atoms with Crippen LogP contribution in [0.15, 0.2) is 0 Å². The van der Waals surface area contributed by atoms with Crippen molar-refractivity contribution in [3.05, 3.63) is 0 Å². The fourth-order valence-corrected chi connectivity index (χ4v) is 1.80. The first-order valence-electron chi connectivity index (χ1n) is 6.15. The first kappa shape index (κ1) is 15.7. The zero-order valence-corrected chi connectivity index (χ0v) is 11.8. The second kappa shape index (κ2) is 6.21. The molecule has 0 spiro atoms. The van der Waals surface area contributed by atoms with Gasteiger partial charge < -0.3 is 24.8 Å². The number of nitrogens with zero attached hydrogens (tertiary/aromatic N) is 1. The Kier molecular flexibility index (Phi) is 5.13. The van der Waals surface area contributed by atoms with E-state index in [0.717, 1.165) is 0 Å². The van der Waals surface area contributed by atoms with Gasteiger partial charge in [-0.1, -0.05) is 0 Å². The summed E-state index contributed by atoms with van der Waals surface area (Å²) in [6, 6.07) is -0.768. The number of likely N-dealkylation sites (N-methyl/N-ethyl adjacent to an activating group) is 1. The maximum absolute atomic E-state index is 12.0. The Hall–Kier alpha value is -1.34. The number of hydrogen-bond donors (Lipinski definition) is 2. The Morgan fingerprint density at radius 2 is 2.11 bits per heavy atom. The summed E-state index contributed by atoms with van der Waals surface area (Å²) in [5, 5.41) is 11.8. The summed E-state index contributed by atoms with van der Waals surface area (Å²) in [5.74, 6) is -1.62. The van der Waals surface area contributed by atoms with E-state index in [1.807, 2.05) is 13.8 Å². The lowest BCUT2D eigenvalue weighted by Crippen LogP contribution is -2.51. The molecular weight excluding hydrogens is 252 g/mol. The molecule has 19 heavy (non-hydrogen) atoms. The van der Waals surface area contributed by atoms with Crippen molar-refractivity contribution in [3.8, 4) is 0 Å². The number of urea groups is 1. The van der Waals surface area contributed by atoms with E-state index in [-0.39, 0.29) is 19.2 Å². The number of ether oxygens (including phenoxy) is 2. The number of aliphatic carboxylic acids is 1. The van der Waals surface area contributed by atoms with Gasteiger partial charge in [0.25, 0.3) is 0 Å². The van der Waals surface area contributed by atoms with Crippen molar-refractivity contribution >= 4 is 12.0 Å². The van der Waals surface area contributed by atoms with Crippen LogP contribution >= 0.6 is 0 Å². The Morgan fingerprint density at radius 1 is 1.47 bits per heavy atom. The third-order valence-corrected chi connectivity index (χ3v) is 3.40. The van der Waals surface area contributed by atoms with Crippen LogP contribution in [0.5, 0.6) is 0 Å². The summed E-state index contributed by atoms with van der Waals surface area (Å²) in [5.41, 5.74) is -0.463. The molecule has 1 fully saturated rings. The minimum atomic E-state index is -0.945. The number of hydrogen-bond acceptors (Lipinski definition) is 4. The molecule has 0 saturated carbocycles. The molecular formula is C12H22N2O5. The van der Waals surface area contributed by atoms with Gasteiger partial charge in [-0.2, -0.15) is 0 Å². The molecule has 7 heteroatoms. The van der Waals surface area contributed by atoms with Crippen molar-refractivity contribution < 1.29 is 24.2 Å². The van der Waals surface area contributed by atoms with Crippen molar-refractivity contribution in [2.75, 3.05) is 33.9 Å². The molecule has 0 aliphatic carbocycles. The minimum Gasteiger partial charge on any atom is -0.481 e. The van der Waals surface area contributed by atoms with Crippen LogP contribution < -0.4 is 5.32 Å². The molecule has 1 heterocycles. The molecule has 2 amide bonds. The molecule has 2 N–H and O–H groups in total. The Balaban J connectivity index is 2.55. The smallest absolute Gasteiger partial charge is 0.317 e. The lowest BCUT2D eigenvalue weighted by molar-refractivity contribution is -0.142. The molecule has 2 unspecified atom stereocenters. The Morgan fingerprint density at radius 3 is 2.63 bits per heavy atom. The van der Waals surface area contributed by atoms with Crippen molar-refractivity contribution in [1.82, 2.24) is 10.2 Å². The molecule has 0 bridgehead atoms. The van der Waals surface area contributed by atoms with Crippen LogP contribution in [0.25, 0.3) is 0 Å². The van der Waals surface area contributed by atoms with Gasteiger partial charge in [0, 0.05) is 20.7 Å². The van der Waals surface area contributed by atoms with E-state index in [2.05, 4.69) is 5.32 Å². The van der Waals surface area contributed by atoms with Gasteiger partial charge in [-0.05, 0) is 13.8 Å². The highest BCUT2D eigenvalue weighted by Gasteiger charge is 2.38. The molecule has 0 aromatic carbocycles. The van der Waals surface area contributed by atoms with Crippen molar-refractivity contribution in [1.29, 1.82) is 0 Å². The summed E-state index contributed by atoms with van der Waals surface area (Å²) in [6.45, 7) is 4.44. The number of carbonyl (C=O) groups is 2. The average Bonchev–Trinajstić information content (AvgIpc) is 2.84. The fraction of sp³-hybridized carbons (Fsp3) is 0.833. The highest BCUT2D eigenvalue weighted by atomic mass is 16.5. The highest BCUT2D eigenvalue weighted by molar-refractivity contribution is 5.77. The van der Waals surface area contributed by atoms with Crippen LogP contribution in [-0.4, -0.2) is 67.6 Å². The SMILES string of the molecule is COC(C)(C)CNC(=O)N(C)C1COCC1C(=O)O. The lowest BCUT2D eigenvalue weighted by Gasteiger charge is -2.29. The second-order valence-electron chi connectivity index (χ2n) is 5.28. The van der Waals surface area contributed by atoms with E-state index in [1.54, 1.807) is 14.2 Å². The molecule has 1 saturated heterocycles. The van der Waals surface area contributed by atoms with Gasteiger partial charge in [-0.25, -0.2) is 4.79 Å². The maximum atomic E-state index is 12.0. The summed E-state index contributed by atoms with van der Waals surface area (Å²) < 4.78 is 10.3. The monoisotopic (exact) mass is 274 g/mol. The molecule has 1 rings (SSSR count). The normalized spacial score (nSPS) is 23.2. The zero-order valence-electron chi connectivity index (χ0n) is 11.8. The molecule has 0 aromatic rings. The van der Waals surface area contributed by atoms with E-state index in [4.69, 9.17) is 14.6 Å². The first-order chi connectivity index (χ1) is 8.78. The molecule has 110 valence electrons. The molecule has 2 atom stereocenters. The molecule has 0 radical (unpaired) electrons. The van der Waals surface area contributed by atoms with Gasteiger partial charge in [0.15, 0.2) is 0 Å². The van der Waals surface area contributed by atoms with Gasteiger partial charge in [-0.15, -0.1) is 0 Å². The van der Waals surface area contributed by atoms with Gasteiger partial charge in [0.2, 0.25) is 0 Å². The van der Waals surface area contributed by atoms with E-state index < -0.39 is 23.5 Å². The number of carboxylic acids is 1. The summed E-state index contributed by atoms with van der Waals surface area (Å²) in [6.07, 6.45) is 0. The summed E-state index contributed by atoms with van der Waals surface area (Å²) >= 11 is 0.